The average molecular weight is 171 g/mol. The Bertz CT molecular complexity index is 304. The number of rotatable bonds is 1. The van der Waals surface area contributed by atoms with Gasteiger partial charge in [-0.05, 0) is 19.4 Å². The minimum absolute atomic E-state index is 0.250. The second-order valence-corrected chi connectivity index (χ2v) is 3.56. The molecule has 60 valence electrons. The van der Waals surface area contributed by atoms with Gasteiger partial charge in [-0.1, -0.05) is 0 Å². The largest absolute Gasteiger partial charge is 0.477 e. The number of carbonyl (C=O) groups is 1. The number of hydrogen-bond donors (Lipinski definition) is 2. The summed E-state index contributed by atoms with van der Waals surface area (Å²) in [5.74, 6) is -0.941. The Balaban J connectivity index is 3.29. The monoisotopic (exact) mass is 171 g/mol. The van der Waals surface area contributed by atoms with Gasteiger partial charge in [-0.25, -0.2) is 4.79 Å². The number of aryl methyl sites for hydroxylation is 1. The summed E-state index contributed by atoms with van der Waals surface area (Å²) in [6.07, 6.45) is 0. The van der Waals surface area contributed by atoms with E-state index in [-0.39, 0.29) is 4.88 Å². The van der Waals surface area contributed by atoms with Gasteiger partial charge in [0.15, 0.2) is 0 Å². The average Bonchev–Trinajstić information content (AvgIpc) is 2.17. The van der Waals surface area contributed by atoms with Crippen LogP contribution in [-0.2, 0) is 0 Å². The number of aromatic carboxylic acids is 1. The standard InChI is InChI=1S/C7H9NO2S/c1-3-4(2)11-6(5(3)8)7(9)10/h8H2,1-2H3,(H,9,10). The van der Waals surface area contributed by atoms with Crippen LogP contribution < -0.4 is 5.73 Å². The van der Waals surface area contributed by atoms with Gasteiger partial charge in [-0.2, -0.15) is 0 Å². The maximum atomic E-state index is 10.5. The second kappa shape index (κ2) is 2.54. The molecule has 0 atom stereocenters. The molecule has 0 aromatic carbocycles. The molecule has 0 saturated heterocycles. The number of thiophene rings is 1. The summed E-state index contributed by atoms with van der Waals surface area (Å²) < 4.78 is 0. The Hall–Kier alpha value is -1.03. The molecule has 1 rings (SSSR count). The summed E-state index contributed by atoms with van der Waals surface area (Å²) in [4.78, 5) is 11.7. The van der Waals surface area contributed by atoms with Crippen molar-refractivity contribution in [3.63, 3.8) is 0 Å². The van der Waals surface area contributed by atoms with E-state index in [1.807, 2.05) is 13.8 Å². The maximum absolute atomic E-state index is 10.5. The highest BCUT2D eigenvalue weighted by Crippen LogP contribution is 2.29. The predicted octanol–water partition coefficient (Wildman–Crippen LogP) is 1.65. The molecule has 0 aliphatic carbocycles. The van der Waals surface area contributed by atoms with Crippen LogP contribution in [0.15, 0.2) is 0 Å². The van der Waals surface area contributed by atoms with Crippen LogP contribution in [0.5, 0.6) is 0 Å². The fourth-order valence-corrected chi connectivity index (χ4v) is 1.72. The van der Waals surface area contributed by atoms with Crippen LogP contribution in [0, 0.1) is 13.8 Å². The third kappa shape index (κ3) is 1.21. The van der Waals surface area contributed by atoms with E-state index >= 15 is 0 Å². The molecule has 0 amide bonds. The van der Waals surface area contributed by atoms with E-state index in [0.717, 1.165) is 10.4 Å². The molecule has 1 aromatic rings. The zero-order chi connectivity index (χ0) is 8.59. The molecule has 3 N–H and O–H groups in total. The highest BCUT2D eigenvalue weighted by Gasteiger charge is 2.14. The van der Waals surface area contributed by atoms with Gasteiger partial charge in [0.2, 0.25) is 0 Å². The lowest BCUT2D eigenvalue weighted by Crippen LogP contribution is -1.97. The Morgan fingerprint density at radius 1 is 1.55 bits per heavy atom. The van der Waals surface area contributed by atoms with Crippen molar-refractivity contribution in [3.05, 3.63) is 15.3 Å². The number of carboxylic acids is 1. The SMILES string of the molecule is Cc1sc(C(=O)O)c(N)c1C. The van der Waals surface area contributed by atoms with Gasteiger partial charge >= 0.3 is 5.97 Å². The van der Waals surface area contributed by atoms with Crippen molar-refractivity contribution in [2.75, 3.05) is 5.73 Å². The van der Waals surface area contributed by atoms with Crippen molar-refractivity contribution < 1.29 is 9.90 Å². The number of nitrogens with two attached hydrogens (primary N) is 1. The molecular formula is C7H9NO2S. The summed E-state index contributed by atoms with van der Waals surface area (Å²) in [6.45, 7) is 3.69. The van der Waals surface area contributed by atoms with Gasteiger partial charge < -0.3 is 10.8 Å². The minimum atomic E-state index is -0.941. The van der Waals surface area contributed by atoms with E-state index in [9.17, 15) is 4.79 Å². The van der Waals surface area contributed by atoms with Crippen LogP contribution in [0.1, 0.15) is 20.1 Å². The first kappa shape index (κ1) is 8.07. The smallest absolute Gasteiger partial charge is 0.348 e. The van der Waals surface area contributed by atoms with E-state index < -0.39 is 5.97 Å². The van der Waals surface area contributed by atoms with Gasteiger partial charge in [0.25, 0.3) is 0 Å². The van der Waals surface area contributed by atoms with Crippen molar-refractivity contribution in [2.45, 2.75) is 13.8 Å². The summed E-state index contributed by atoms with van der Waals surface area (Å²) in [5.41, 5.74) is 6.82. The van der Waals surface area contributed by atoms with Gasteiger partial charge in [-0.3, -0.25) is 0 Å². The zero-order valence-corrected chi connectivity index (χ0v) is 7.16. The number of carboxylic acid groups (broad SMARTS) is 1. The molecule has 1 heterocycles. The summed E-state index contributed by atoms with van der Waals surface area (Å²) >= 11 is 1.22. The van der Waals surface area contributed by atoms with E-state index in [1.54, 1.807) is 0 Å². The maximum Gasteiger partial charge on any atom is 0.348 e. The summed E-state index contributed by atoms with van der Waals surface area (Å²) in [6, 6.07) is 0. The van der Waals surface area contributed by atoms with Crippen LogP contribution >= 0.6 is 11.3 Å². The first-order valence-corrected chi connectivity index (χ1v) is 3.94. The predicted molar refractivity (Wildman–Crippen MR) is 45.2 cm³/mol. The molecule has 0 saturated carbocycles. The fourth-order valence-electron chi connectivity index (χ4n) is 0.803. The molecule has 11 heavy (non-hydrogen) atoms. The second-order valence-electron chi connectivity index (χ2n) is 2.33. The Morgan fingerprint density at radius 2 is 2.09 bits per heavy atom. The van der Waals surface area contributed by atoms with Crippen LogP contribution in [0.2, 0.25) is 0 Å². The van der Waals surface area contributed by atoms with Crippen molar-refractivity contribution in [2.24, 2.45) is 0 Å². The van der Waals surface area contributed by atoms with Gasteiger partial charge in [0.05, 0.1) is 5.69 Å². The van der Waals surface area contributed by atoms with Crippen LogP contribution in [0.25, 0.3) is 0 Å². The Kier molecular flexibility index (Phi) is 1.87. The third-order valence-electron chi connectivity index (χ3n) is 1.63. The molecule has 0 aliphatic heterocycles. The van der Waals surface area contributed by atoms with Crippen molar-refractivity contribution in [1.29, 1.82) is 0 Å². The fraction of sp³-hybridized carbons (Fsp3) is 0.286. The lowest BCUT2D eigenvalue weighted by atomic mass is 10.2. The molecule has 4 heteroatoms. The zero-order valence-electron chi connectivity index (χ0n) is 6.34. The van der Waals surface area contributed by atoms with Crippen molar-refractivity contribution >= 4 is 23.0 Å². The number of nitrogen functional groups attached to an aromatic ring is 1. The molecule has 0 fully saturated rings. The Labute approximate surface area is 68.5 Å². The van der Waals surface area contributed by atoms with Crippen LogP contribution in [-0.4, -0.2) is 11.1 Å². The van der Waals surface area contributed by atoms with Gasteiger partial charge in [0.1, 0.15) is 4.88 Å². The molecule has 3 nitrogen and oxygen atoms in total. The van der Waals surface area contributed by atoms with E-state index in [1.165, 1.54) is 11.3 Å². The lowest BCUT2D eigenvalue weighted by molar-refractivity contribution is 0.0703. The molecule has 1 aromatic heterocycles. The van der Waals surface area contributed by atoms with Crippen LogP contribution in [0.4, 0.5) is 5.69 Å². The first-order chi connectivity index (χ1) is 5.04. The highest BCUT2D eigenvalue weighted by molar-refractivity contribution is 7.14. The Morgan fingerprint density at radius 3 is 2.27 bits per heavy atom. The molecule has 0 aliphatic rings. The van der Waals surface area contributed by atoms with Crippen LogP contribution in [0.3, 0.4) is 0 Å². The molecule has 0 unspecified atom stereocenters. The highest BCUT2D eigenvalue weighted by atomic mass is 32.1. The summed E-state index contributed by atoms with van der Waals surface area (Å²) in [5, 5.41) is 8.63. The van der Waals surface area contributed by atoms with Gasteiger partial charge in [-0.15, -0.1) is 11.3 Å². The quantitative estimate of drug-likeness (QED) is 0.675. The van der Waals surface area contributed by atoms with Crippen molar-refractivity contribution in [1.82, 2.24) is 0 Å². The summed E-state index contributed by atoms with van der Waals surface area (Å²) in [7, 11) is 0. The molecule has 0 bridgehead atoms. The van der Waals surface area contributed by atoms with E-state index in [4.69, 9.17) is 10.8 Å². The van der Waals surface area contributed by atoms with Gasteiger partial charge in [0, 0.05) is 4.88 Å². The molecular weight excluding hydrogens is 162 g/mol. The number of anilines is 1. The normalized spacial score (nSPS) is 10.0. The first-order valence-electron chi connectivity index (χ1n) is 3.12. The number of hydrogen-bond acceptors (Lipinski definition) is 3. The molecule has 0 spiro atoms. The topological polar surface area (TPSA) is 63.3 Å². The minimum Gasteiger partial charge on any atom is -0.477 e. The van der Waals surface area contributed by atoms with Crippen molar-refractivity contribution in [3.8, 4) is 0 Å². The van der Waals surface area contributed by atoms with E-state index in [2.05, 4.69) is 0 Å². The molecule has 0 radical (unpaired) electrons. The lowest BCUT2D eigenvalue weighted by Gasteiger charge is -1.91. The third-order valence-corrected chi connectivity index (χ3v) is 2.84. The van der Waals surface area contributed by atoms with E-state index in [0.29, 0.717) is 5.69 Å².